The van der Waals surface area contributed by atoms with Crippen LogP contribution in [0.1, 0.15) is 17.3 Å². The van der Waals surface area contributed by atoms with Crippen LogP contribution in [0.5, 0.6) is 11.5 Å². The quantitative estimate of drug-likeness (QED) is 0.764. The Labute approximate surface area is 166 Å². The van der Waals surface area contributed by atoms with Crippen molar-refractivity contribution in [3.63, 3.8) is 0 Å². The minimum Gasteiger partial charge on any atom is -0.454 e. The van der Waals surface area contributed by atoms with E-state index in [1.165, 1.54) is 11.0 Å². The minimum atomic E-state index is -0.622. The van der Waals surface area contributed by atoms with Gasteiger partial charge < -0.3 is 19.3 Å². The first kappa shape index (κ1) is 17.9. The Hall–Kier alpha value is -2.44. The van der Waals surface area contributed by atoms with E-state index in [0.29, 0.717) is 40.9 Å². The number of halogens is 2. The number of hydrogen-bond donors (Lipinski definition) is 0. The van der Waals surface area contributed by atoms with E-state index >= 15 is 0 Å². The number of piperazine rings is 1. The van der Waals surface area contributed by atoms with Gasteiger partial charge in [-0.2, -0.15) is 0 Å². The number of nitrogens with zero attached hydrogens (tertiary/aromatic N) is 2. The van der Waals surface area contributed by atoms with Gasteiger partial charge in [0.1, 0.15) is 6.04 Å². The van der Waals surface area contributed by atoms with Crippen LogP contribution in [0.4, 0.5) is 5.69 Å². The normalized spacial score (nSPS) is 18.8. The van der Waals surface area contributed by atoms with Gasteiger partial charge in [0, 0.05) is 29.9 Å². The summed E-state index contributed by atoms with van der Waals surface area (Å²) in [6.45, 7) is 2.65. The summed E-state index contributed by atoms with van der Waals surface area (Å²) in [7, 11) is 0. The molecule has 0 spiro atoms. The summed E-state index contributed by atoms with van der Waals surface area (Å²) in [5.74, 6) is 0.811. The average Bonchev–Trinajstić information content (AvgIpc) is 3.11. The van der Waals surface area contributed by atoms with Gasteiger partial charge >= 0.3 is 0 Å². The first-order valence-corrected chi connectivity index (χ1v) is 9.18. The van der Waals surface area contributed by atoms with Crippen LogP contribution >= 0.6 is 23.2 Å². The number of carbonyl (C=O) groups is 2. The molecule has 27 heavy (non-hydrogen) atoms. The van der Waals surface area contributed by atoms with E-state index in [4.69, 9.17) is 32.7 Å². The molecule has 0 saturated carbocycles. The second-order valence-electron chi connectivity index (χ2n) is 6.33. The van der Waals surface area contributed by atoms with E-state index in [2.05, 4.69) is 0 Å². The Balaban J connectivity index is 1.55. The molecule has 0 radical (unpaired) electrons. The van der Waals surface area contributed by atoms with Gasteiger partial charge in [-0.25, -0.2) is 0 Å². The maximum absolute atomic E-state index is 12.9. The average molecular weight is 407 g/mol. The van der Waals surface area contributed by atoms with E-state index in [1.54, 1.807) is 36.1 Å². The third-order valence-corrected chi connectivity index (χ3v) is 5.29. The predicted molar refractivity (Wildman–Crippen MR) is 102 cm³/mol. The Kier molecular flexibility index (Phi) is 4.61. The van der Waals surface area contributed by atoms with Gasteiger partial charge in [0.2, 0.25) is 12.7 Å². The topological polar surface area (TPSA) is 59.1 Å². The monoisotopic (exact) mass is 406 g/mol. The summed E-state index contributed by atoms with van der Waals surface area (Å²) in [4.78, 5) is 29.0. The number of rotatable bonds is 2. The van der Waals surface area contributed by atoms with Gasteiger partial charge in [-0.3, -0.25) is 9.59 Å². The van der Waals surface area contributed by atoms with Crippen molar-refractivity contribution in [2.45, 2.75) is 13.0 Å². The van der Waals surface area contributed by atoms with Crippen molar-refractivity contribution >= 4 is 40.7 Å². The third-order valence-electron chi connectivity index (χ3n) is 4.75. The molecule has 1 unspecified atom stereocenters. The van der Waals surface area contributed by atoms with Crippen LogP contribution in [0.15, 0.2) is 36.4 Å². The molecule has 140 valence electrons. The number of hydrogen-bond acceptors (Lipinski definition) is 4. The van der Waals surface area contributed by atoms with Gasteiger partial charge in [-0.15, -0.1) is 0 Å². The summed E-state index contributed by atoms with van der Waals surface area (Å²) in [6.07, 6.45) is 0. The lowest BCUT2D eigenvalue weighted by Gasteiger charge is -2.39. The predicted octanol–water partition coefficient (Wildman–Crippen LogP) is 3.60. The second kappa shape index (κ2) is 6.94. The van der Waals surface area contributed by atoms with Crippen molar-refractivity contribution < 1.29 is 19.1 Å². The van der Waals surface area contributed by atoms with Crippen LogP contribution < -0.4 is 14.4 Å². The summed E-state index contributed by atoms with van der Waals surface area (Å²) >= 11 is 12.1. The summed E-state index contributed by atoms with van der Waals surface area (Å²) in [6, 6.07) is 9.45. The summed E-state index contributed by atoms with van der Waals surface area (Å²) < 4.78 is 10.7. The SMILES string of the molecule is CC1C(=O)N(c2ccc3c(c2)OCO3)CCN1C(=O)c1ccc(Cl)cc1Cl. The van der Waals surface area contributed by atoms with Gasteiger partial charge in [-0.1, -0.05) is 23.2 Å². The summed E-state index contributed by atoms with van der Waals surface area (Å²) in [5, 5.41) is 0.721. The van der Waals surface area contributed by atoms with Crippen LogP contribution in [-0.4, -0.2) is 42.6 Å². The van der Waals surface area contributed by atoms with Crippen molar-refractivity contribution in [3.05, 3.63) is 52.0 Å². The number of benzene rings is 2. The van der Waals surface area contributed by atoms with Crippen LogP contribution in [0.2, 0.25) is 10.0 Å². The molecule has 8 heteroatoms. The Bertz CT molecular complexity index is 934. The van der Waals surface area contributed by atoms with Crippen LogP contribution in [-0.2, 0) is 4.79 Å². The fraction of sp³-hybridized carbons (Fsp3) is 0.263. The molecule has 2 aliphatic heterocycles. The smallest absolute Gasteiger partial charge is 0.256 e. The first-order chi connectivity index (χ1) is 13.0. The number of ether oxygens (including phenoxy) is 2. The van der Waals surface area contributed by atoms with E-state index in [1.807, 2.05) is 6.07 Å². The molecular weight excluding hydrogens is 391 g/mol. The molecule has 2 aromatic carbocycles. The lowest BCUT2D eigenvalue weighted by molar-refractivity contribution is -0.124. The standard InChI is InChI=1S/C19H16Cl2N2O4/c1-11-18(24)23(13-3-5-16-17(9-13)27-10-26-16)7-6-22(11)19(25)14-4-2-12(20)8-15(14)21/h2-5,8-9,11H,6-7,10H2,1H3. The fourth-order valence-corrected chi connectivity index (χ4v) is 3.76. The van der Waals surface area contributed by atoms with Crippen LogP contribution in [0.3, 0.4) is 0 Å². The van der Waals surface area contributed by atoms with Crippen molar-refractivity contribution in [1.82, 2.24) is 4.90 Å². The Morgan fingerprint density at radius 1 is 1.07 bits per heavy atom. The van der Waals surface area contributed by atoms with Crippen molar-refractivity contribution in [1.29, 1.82) is 0 Å². The fourth-order valence-electron chi connectivity index (χ4n) is 3.27. The number of fused-ring (bicyclic) bond motifs is 1. The number of carbonyl (C=O) groups excluding carboxylic acids is 2. The molecule has 1 fully saturated rings. The van der Waals surface area contributed by atoms with Crippen molar-refractivity contribution in [2.75, 3.05) is 24.8 Å². The highest BCUT2D eigenvalue weighted by atomic mass is 35.5. The Morgan fingerprint density at radius 3 is 2.63 bits per heavy atom. The molecule has 0 N–H and O–H groups in total. The zero-order chi connectivity index (χ0) is 19.1. The van der Waals surface area contributed by atoms with E-state index < -0.39 is 6.04 Å². The first-order valence-electron chi connectivity index (χ1n) is 8.43. The molecule has 2 aliphatic rings. The zero-order valence-corrected chi connectivity index (χ0v) is 16.0. The van der Waals surface area contributed by atoms with Crippen molar-refractivity contribution in [3.8, 4) is 11.5 Å². The highest BCUT2D eigenvalue weighted by molar-refractivity contribution is 6.36. The molecule has 6 nitrogen and oxygen atoms in total. The highest BCUT2D eigenvalue weighted by Gasteiger charge is 2.36. The third kappa shape index (κ3) is 3.19. The zero-order valence-electron chi connectivity index (χ0n) is 14.4. The molecule has 0 bridgehead atoms. The minimum absolute atomic E-state index is 0.168. The van der Waals surface area contributed by atoms with Crippen molar-refractivity contribution in [2.24, 2.45) is 0 Å². The highest BCUT2D eigenvalue weighted by Crippen LogP contribution is 2.36. The van der Waals surface area contributed by atoms with E-state index in [0.717, 1.165) is 0 Å². The lowest BCUT2D eigenvalue weighted by atomic mass is 10.1. The molecule has 0 aliphatic carbocycles. The van der Waals surface area contributed by atoms with Gasteiger partial charge in [0.05, 0.1) is 10.6 Å². The Morgan fingerprint density at radius 2 is 1.85 bits per heavy atom. The summed E-state index contributed by atoms with van der Waals surface area (Å²) in [5.41, 5.74) is 1.05. The van der Waals surface area contributed by atoms with Gasteiger partial charge in [0.25, 0.3) is 5.91 Å². The van der Waals surface area contributed by atoms with Crippen LogP contribution in [0, 0.1) is 0 Å². The van der Waals surface area contributed by atoms with Crippen LogP contribution in [0.25, 0.3) is 0 Å². The van der Waals surface area contributed by atoms with E-state index in [9.17, 15) is 9.59 Å². The molecule has 2 heterocycles. The molecule has 1 atom stereocenters. The van der Waals surface area contributed by atoms with E-state index in [-0.39, 0.29) is 23.6 Å². The molecule has 1 saturated heterocycles. The molecular formula is C19H16Cl2N2O4. The maximum atomic E-state index is 12.9. The molecule has 2 aromatic rings. The molecule has 0 aromatic heterocycles. The second-order valence-corrected chi connectivity index (χ2v) is 7.17. The maximum Gasteiger partial charge on any atom is 0.256 e. The van der Waals surface area contributed by atoms with Gasteiger partial charge in [-0.05, 0) is 37.3 Å². The molecule has 4 rings (SSSR count). The van der Waals surface area contributed by atoms with Gasteiger partial charge in [0.15, 0.2) is 11.5 Å². The lowest BCUT2D eigenvalue weighted by Crippen LogP contribution is -2.57. The number of amides is 2. The molecule has 2 amide bonds. The largest absolute Gasteiger partial charge is 0.454 e. The number of anilines is 1.